The summed E-state index contributed by atoms with van der Waals surface area (Å²) >= 11 is 3.50. The summed E-state index contributed by atoms with van der Waals surface area (Å²) in [7, 11) is 0. The number of thioether (sulfide) groups is 1. The fourth-order valence-electron chi connectivity index (χ4n) is 2.57. The Balaban J connectivity index is 1.66. The van der Waals surface area contributed by atoms with E-state index >= 15 is 0 Å². The fourth-order valence-corrected chi connectivity index (χ4v) is 4.25. The average molecular weight is 510 g/mol. The normalized spacial score (nSPS) is 17.4. The van der Waals surface area contributed by atoms with E-state index in [-0.39, 0.29) is 18.0 Å². The molecule has 1 atom stereocenters. The number of carbonyl (C=O) groups excluding carboxylic acids is 1. The molecule has 1 aliphatic rings. The van der Waals surface area contributed by atoms with Crippen LogP contribution in [0.25, 0.3) is 6.08 Å². The van der Waals surface area contributed by atoms with Gasteiger partial charge in [-0.1, -0.05) is 36.9 Å². The molecule has 0 unspecified atom stereocenters. The van der Waals surface area contributed by atoms with E-state index < -0.39 is 5.97 Å². The molecular weight excluding hydrogens is 491 g/mol. The Kier molecular flexibility index (Phi) is 6.84. The van der Waals surface area contributed by atoms with Gasteiger partial charge in [0.05, 0.1) is 8.48 Å². The Bertz CT molecular complexity index is 915. The third-order valence-corrected chi connectivity index (χ3v) is 5.87. The number of halogens is 1. The van der Waals surface area contributed by atoms with E-state index in [2.05, 4.69) is 52.3 Å². The van der Waals surface area contributed by atoms with Gasteiger partial charge >= 0.3 is 5.97 Å². The molecule has 1 saturated heterocycles. The first-order valence-electron chi connectivity index (χ1n) is 8.63. The Labute approximate surface area is 180 Å². The highest BCUT2D eigenvalue weighted by atomic mass is 127. The molecule has 6 nitrogen and oxygen atoms in total. The predicted octanol–water partition coefficient (Wildman–Crippen LogP) is 3.92. The Morgan fingerprint density at radius 1 is 1.32 bits per heavy atom. The summed E-state index contributed by atoms with van der Waals surface area (Å²) in [5, 5.41) is 14.9. The molecule has 3 rings (SSSR count). The van der Waals surface area contributed by atoms with Gasteiger partial charge in [-0.2, -0.15) is 0 Å². The van der Waals surface area contributed by atoms with Crippen molar-refractivity contribution in [3.63, 3.8) is 0 Å². The number of amides is 1. The van der Waals surface area contributed by atoms with Gasteiger partial charge in [0.25, 0.3) is 5.91 Å². The summed E-state index contributed by atoms with van der Waals surface area (Å²) < 4.78 is 6.00. The number of carboxylic acid groups (broad SMARTS) is 1. The Morgan fingerprint density at radius 2 is 2.07 bits per heavy atom. The molecule has 28 heavy (non-hydrogen) atoms. The topological polar surface area (TPSA) is 87.7 Å². The van der Waals surface area contributed by atoms with Crippen molar-refractivity contribution < 1.29 is 19.4 Å². The van der Waals surface area contributed by atoms with Gasteiger partial charge in [0, 0.05) is 5.69 Å². The number of aryl methyl sites for hydroxylation is 1. The lowest BCUT2D eigenvalue weighted by Gasteiger charge is -2.12. The number of aliphatic carboxylic acids is 1. The summed E-state index contributed by atoms with van der Waals surface area (Å²) in [6, 6.07) is 13.5. The maximum atomic E-state index is 12.3. The summed E-state index contributed by atoms with van der Waals surface area (Å²) in [4.78, 5) is 23.5. The summed E-state index contributed by atoms with van der Waals surface area (Å²) in [6.45, 7) is 1.72. The highest BCUT2D eigenvalue weighted by Gasteiger charge is 2.27. The van der Waals surface area contributed by atoms with Gasteiger partial charge in [-0.15, -0.1) is 0 Å². The molecule has 0 spiro atoms. The standard InChI is InChI=1S/C20H19IN2O4S/c1-2-12-3-6-14(7-4-12)22-20-23-19(26)17(28-20)10-13-5-8-16(15(21)9-13)27-11-18(24)25/h3-10,20,22H,2,11H2,1H3,(H,23,26)(H,24,25)/b17-10-/t20-/m1/s1. The monoisotopic (exact) mass is 510 g/mol. The van der Waals surface area contributed by atoms with Crippen LogP contribution in [0.5, 0.6) is 5.75 Å². The van der Waals surface area contributed by atoms with Gasteiger partial charge in [0.15, 0.2) is 12.1 Å². The molecule has 1 heterocycles. The van der Waals surface area contributed by atoms with Crippen LogP contribution in [-0.2, 0) is 16.0 Å². The van der Waals surface area contributed by atoms with Gasteiger partial charge in [0.2, 0.25) is 0 Å². The Hall–Kier alpha value is -2.20. The summed E-state index contributed by atoms with van der Waals surface area (Å²) in [5.74, 6) is -0.651. The third kappa shape index (κ3) is 5.41. The molecule has 1 fully saturated rings. The molecule has 0 saturated carbocycles. The van der Waals surface area contributed by atoms with E-state index in [1.807, 2.05) is 24.3 Å². The van der Waals surface area contributed by atoms with Crippen LogP contribution in [-0.4, -0.2) is 29.1 Å². The van der Waals surface area contributed by atoms with E-state index in [0.29, 0.717) is 10.7 Å². The van der Waals surface area contributed by atoms with Gasteiger partial charge < -0.3 is 20.5 Å². The number of anilines is 1. The smallest absolute Gasteiger partial charge is 0.341 e. The minimum absolute atomic E-state index is 0.131. The third-order valence-electron chi connectivity index (χ3n) is 4.00. The van der Waals surface area contributed by atoms with Crippen molar-refractivity contribution in [1.29, 1.82) is 0 Å². The molecule has 0 radical (unpaired) electrons. The van der Waals surface area contributed by atoms with Crippen LogP contribution in [0.15, 0.2) is 47.4 Å². The number of carbonyl (C=O) groups is 2. The van der Waals surface area contributed by atoms with Crippen LogP contribution in [0.3, 0.4) is 0 Å². The van der Waals surface area contributed by atoms with Gasteiger partial charge in [0.1, 0.15) is 5.75 Å². The molecule has 3 N–H and O–H groups in total. The van der Waals surface area contributed by atoms with Crippen molar-refractivity contribution in [2.24, 2.45) is 0 Å². The molecular formula is C20H19IN2O4S. The summed E-state index contributed by atoms with van der Waals surface area (Å²) in [5.41, 5.74) is 2.83. The number of benzene rings is 2. The van der Waals surface area contributed by atoms with Crippen molar-refractivity contribution in [3.05, 3.63) is 62.1 Å². The molecule has 1 aliphatic heterocycles. The molecule has 8 heteroatoms. The van der Waals surface area contributed by atoms with Crippen LogP contribution in [0.2, 0.25) is 0 Å². The lowest BCUT2D eigenvalue weighted by atomic mass is 10.1. The molecule has 0 aromatic heterocycles. The molecule has 146 valence electrons. The first-order chi connectivity index (χ1) is 13.4. The van der Waals surface area contributed by atoms with Crippen LogP contribution in [0.1, 0.15) is 18.1 Å². The van der Waals surface area contributed by atoms with Gasteiger partial charge in [-0.25, -0.2) is 4.79 Å². The molecule has 0 bridgehead atoms. The molecule has 2 aromatic carbocycles. The van der Waals surface area contributed by atoms with E-state index in [1.165, 1.54) is 17.3 Å². The summed E-state index contributed by atoms with van der Waals surface area (Å²) in [6.07, 6.45) is 2.80. The second-order valence-electron chi connectivity index (χ2n) is 6.05. The quantitative estimate of drug-likeness (QED) is 0.387. The second-order valence-corrected chi connectivity index (χ2v) is 8.36. The predicted molar refractivity (Wildman–Crippen MR) is 119 cm³/mol. The van der Waals surface area contributed by atoms with Crippen LogP contribution in [0, 0.1) is 3.57 Å². The molecule has 1 amide bonds. The number of carboxylic acids is 1. The Morgan fingerprint density at radius 3 is 2.71 bits per heavy atom. The largest absolute Gasteiger partial charge is 0.481 e. The maximum Gasteiger partial charge on any atom is 0.341 e. The van der Waals surface area contributed by atoms with E-state index in [9.17, 15) is 9.59 Å². The van der Waals surface area contributed by atoms with Gasteiger partial charge in [-0.05, 0) is 70.5 Å². The SMILES string of the molecule is CCc1ccc(N[C@@H]2NC(=O)/C(=C/c3ccc(OCC(=O)O)c(I)c3)S2)cc1. The zero-order chi connectivity index (χ0) is 20.1. The lowest BCUT2D eigenvalue weighted by Crippen LogP contribution is -2.30. The van der Waals surface area contributed by atoms with E-state index in [0.717, 1.165) is 21.2 Å². The van der Waals surface area contributed by atoms with Crippen molar-refractivity contribution in [1.82, 2.24) is 5.32 Å². The number of rotatable bonds is 7. The van der Waals surface area contributed by atoms with Crippen molar-refractivity contribution in [2.45, 2.75) is 18.8 Å². The number of nitrogens with one attached hydrogen (secondary N) is 2. The molecule has 2 aromatic rings. The van der Waals surface area contributed by atoms with Gasteiger partial charge in [-0.3, -0.25) is 4.79 Å². The van der Waals surface area contributed by atoms with Crippen LogP contribution in [0.4, 0.5) is 5.69 Å². The van der Waals surface area contributed by atoms with Crippen molar-refractivity contribution in [2.75, 3.05) is 11.9 Å². The maximum absolute atomic E-state index is 12.3. The highest BCUT2D eigenvalue weighted by molar-refractivity contribution is 14.1. The first kappa shape index (κ1) is 20.5. The zero-order valence-electron chi connectivity index (χ0n) is 15.1. The minimum atomic E-state index is -1.02. The first-order valence-corrected chi connectivity index (χ1v) is 10.6. The number of hydrogen-bond acceptors (Lipinski definition) is 5. The number of ether oxygens (including phenoxy) is 1. The lowest BCUT2D eigenvalue weighted by molar-refractivity contribution is -0.139. The van der Waals surface area contributed by atoms with Crippen molar-refractivity contribution >= 4 is 58.0 Å². The average Bonchev–Trinajstić information content (AvgIpc) is 3.00. The van der Waals surface area contributed by atoms with E-state index in [1.54, 1.807) is 12.1 Å². The fraction of sp³-hybridized carbons (Fsp3) is 0.200. The van der Waals surface area contributed by atoms with Crippen LogP contribution >= 0.6 is 34.4 Å². The minimum Gasteiger partial charge on any atom is -0.481 e. The van der Waals surface area contributed by atoms with Crippen LogP contribution < -0.4 is 15.4 Å². The second kappa shape index (κ2) is 9.33. The van der Waals surface area contributed by atoms with Crippen molar-refractivity contribution in [3.8, 4) is 5.75 Å². The molecule has 0 aliphatic carbocycles. The van der Waals surface area contributed by atoms with E-state index in [4.69, 9.17) is 9.84 Å². The highest BCUT2D eigenvalue weighted by Crippen LogP contribution is 2.31. The number of hydrogen-bond donors (Lipinski definition) is 3. The zero-order valence-corrected chi connectivity index (χ0v) is 18.0.